The van der Waals surface area contributed by atoms with E-state index >= 15 is 0 Å². The van der Waals surface area contributed by atoms with Gasteiger partial charge in [-0.2, -0.15) is 0 Å². The van der Waals surface area contributed by atoms with Crippen LogP contribution in [0.1, 0.15) is 51.2 Å². The number of methoxy groups -OCH3 is 1. The van der Waals surface area contributed by atoms with Crippen LogP contribution in [0.15, 0.2) is 48.5 Å². The second-order valence-electron chi connectivity index (χ2n) is 8.92. The summed E-state index contributed by atoms with van der Waals surface area (Å²) in [5.74, 6) is 1.34. The van der Waals surface area contributed by atoms with Crippen molar-refractivity contribution in [3.63, 3.8) is 0 Å². The molecule has 0 heterocycles. The molecule has 0 aliphatic carbocycles. The van der Waals surface area contributed by atoms with E-state index in [1.807, 2.05) is 63.2 Å². The van der Waals surface area contributed by atoms with Gasteiger partial charge in [0.2, 0.25) is 0 Å². The van der Waals surface area contributed by atoms with E-state index in [0.717, 1.165) is 41.9 Å². The molecule has 0 amide bonds. The van der Waals surface area contributed by atoms with Crippen LogP contribution in [0.3, 0.4) is 0 Å². The van der Waals surface area contributed by atoms with E-state index in [1.54, 1.807) is 13.9 Å². The Bertz CT molecular complexity index is 850. The number of hydrogen-bond acceptors (Lipinski definition) is 6. The van der Waals surface area contributed by atoms with Crippen molar-refractivity contribution in [3.8, 4) is 11.5 Å². The summed E-state index contributed by atoms with van der Waals surface area (Å²) in [6.45, 7) is 7.59. The molecular weight excluding hydrogens is 405 g/mol. The fourth-order valence-corrected chi connectivity index (χ4v) is 3.37. The van der Waals surface area contributed by atoms with Crippen LogP contribution in [0.25, 0.3) is 0 Å². The standard InChI is InChI=1S/C25H36BNO5/c1-25(2,3)32-24(28)22(27-26(4)29)15-8-6-12-20-13-7-9-16-23(20)31-18-19-11-10-14-21(17-19)30-5/h7,9-11,13-14,16-17,22,27,29H,6,8,12,15,18H2,1-5H3/t22-/m0/s1. The lowest BCUT2D eigenvalue weighted by atomic mass is 9.86. The van der Waals surface area contributed by atoms with E-state index < -0.39 is 18.7 Å². The van der Waals surface area contributed by atoms with Crippen molar-refractivity contribution in [3.05, 3.63) is 59.7 Å². The molecular formula is C25H36BNO5. The number of ether oxygens (including phenoxy) is 3. The minimum Gasteiger partial charge on any atom is -0.497 e. The lowest BCUT2D eigenvalue weighted by Crippen LogP contribution is -2.47. The van der Waals surface area contributed by atoms with Gasteiger partial charge in [0.15, 0.2) is 0 Å². The molecule has 0 saturated carbocycles. The highest BCUT2D eigenvalue weighted by molar-refractivity contribution is 6.46. The Kier molecular flexibility index (Phi) is 10.1. The number of esters is 1. The average Bonchev–Trinajstić information content (AvgIpc) is 2.73. The van der Waals surface area contributed by atoms with Crippen LogP contribution in [0.2, 0.25) is 6.82 Å². The van der Waals surface area contributed by atoms with Gasteiger partial charge in [0.1, 0.15) is 23.7 Å². The average molecular weight is 441 g/mol. The Morgan fingerprint density at radius 2 is 1.88 bits per heavy atom. The first-order valence-corrected chi connectivity index (χ1v) is 11.2. The summed E-state index contributed by atoms with van der Waals surface area (Å²) in [5, 5.41) is 12.6. The van der Waals surface area contributed by atoms with Crippen LogP contribution in [0.4, 0.5) is 0 Å². The number of carbonyl (C=O) groups excluding carboxylic acids is 1. The molecule has 7 heteroatoms. The van der Waals surface area contributed by atoms with E-state index in [-0.39, 0.29) is 5.97 Å². The van der Waals surface area contributed by atoms with Crippen LogP contribution >= 0.6 is 0 Å². The largest absolute Gasteiger partial charge is 0.497 e. The minimum atomic E-state index is -0.779. The van der Waals surface area contributed by atoms with Gasteiger partial charge in [-0.05, 0) is 76.2 Å². The van der Waals surface area contributed by atoms with Crippen LogP contribution < -0.4 is 14.7 Å². The Morgan fingerprint density at radius 3 is 2.56 bits per heavy atom. The fraction of sp³-hybridized carbons (Fsp3) is 0.480. The Morgan fingerprint density at radius 1 is 1.12 bits per heavy atom. The summed E-state index contributed by atoms with van der Waals surface area (Å²) in [7, 11) is 0.873. The van der Waals surface area contributed by atoms with Crippen LogP contribution in [0.5, 0.6) is 11.5 Å². The molecule has 0 bridgehead atoms. The maximum absolute atomic E-state index is 12.5. The van der Waals surface area contributed by atoms with Crippen molar-refractivity contribution in [1.29, 1.82) is 0 Å². The summed E-state index contributed by atoms with van der Waals surface area (Å²) in [5.41, 5.74) is 1.62. The molecule has 0 aromatic heterocycles. The molecule has 6 nitrogen and oxygen atoms in total. The first-order chi connectivity index (χ1) is 15.2. The van der Waals surface area contributed by atoms with Gasteiger partial charge in [0.05, 0.1) is 13.2 Å². The third-order valence-electron chi connectivity index (χ3n) is 4.82. The number of rotatable bonds is 12. The molecule has 0 unspecified atom stereocenters. The van der Waals surface area contributed by atoms with Crippen molar-refractivity contribution >= 4 is 13.0 Å². The van der Waals surface area contributed by atoms with Gasteiger partial charge in [0.25, 0.3) is 0 Å². The van der Waals surface area contributed by atoms with Gasteiger partial charge in [0, 0.05) is 0 Å². The number of para-hydroxylation sites is 1. The molecule has 0 aliphatic rings. The van der Waals surface area contributed by atoms with Crippen molar-refractivity contribution in [2.75, 3.05) is 7.11 Å². The minimum absolute atomic E-state index is 0.333. The monoisotopic (exact) mass is 441 g/mol. The zero-order chi connectivity index (χ0) is 23.6. The summed E-state index contributed by atoms with van der Waals surface area (Å²) >= 11 is 0. The quantitative estimate of drug-likeness (QED) is 0.289. The van der Waals surface area contributed by atoms with Crippen molar-refractivity contribution in [1.82, 2.24) is 5.23 Å². The normalized spacial score (nSPS) is 12.2. The highest BCUT2D eigenvalue weighted by Crippen LogP contribution is 2.23. The predicted molar refractivity (Wildman–Crippen MR) is 128 cm³/mol. The Labute approximate surface area is 192 Å². The van der Waals surface area contributed by atoms with Crippen molar-refractivity contribution in [2.45, 2.75) is 71.5 Å². The molecule has 2 N–H and O–H groups in total. The van der Waals surface area contributed by atoms with Crippen LogP contribution in [0, 0.1) is 0 Å². The molecule has 0 aliphatic heterocycles. The summed E-state index contributed by atoms with van der Waals surface area (Å²) in [6.07, 6.45) is 3.13. The Hall–Kier alpha value is -2.51. The number of aryl methyl sites for hydroxylation is 1. The number of hydrogen-bond donors (Lipinski definition) is 2. The van der Waals surface area contributed by atoms with Gasteiger partial charge < -0.3 is 24.5 Å². The molecule has 0 spiro atoms. The van der Waals surface area contributed by atoms with Crippen molar-refractivity contribution < 1.29 is 24.0 Å². The number of nitrogens with one attached hydrogen (secondary N) is 1. The lowest BCUT2D eigenvalue weighted by molar-refractivity contribution is -0.157. The molecule has 0 fully saturated rings. The number of carbonyl (C=O) groups is 1. The smallest absolute Gasteiger partial charge is 0.374 e. The third kappa shape index (κ3) is 9.33. The first-order valence-electron chi connectivity index (χ1n) is 11.2. The molecule has 0 radical (unpaired) electrons. The second kappa shape index (κ2) is 12.5. The van der Waals surface area contributed by atoms with Gasteiger partial charge in [-0.1, -0.05) is 36.8 Å². The SMILES string of the molecule is COc1cccc(COc2ccccc2CCCC[C@H](NB(C)O)C(=O)OC(C)(C)C)c1. The molecule has 0 saturated heterocycles. The van der Waals surface area contributed by atoms with Gasteiger partial charge in [-0.15, -0.1) is 0 Å². The summed E-state index contributed by atoms with van der Waals surface area (Å²) in [4.78, 5) is 12.5. The molecule has 174 valence electrons. The molecule has 2 aromatic rings. The first kappa shape index (κ1) is 25.8. The van der Waals surface area contributed by atoms with Gasteiger partial charge >= 0.3 is 13.0 Å². The zero-order valence-corrected chi connectivity index (χ0v) is 19.9. The summed E-state index contributed by atoms with van der Waals surface area (Å²) in [6, 6.07) is 15.3. The molecule has 2 rings (SSSR count). The maximum Gasteiger partial charge on any atom is 0.374 e. The predicted octanol–water partition coefficient (Wildman–Crippen LogP) is 4.40. The summed E-state index contributed by atoms with van der Waals surface area (Å²) < 4.78 is 16.8. The van der Waals surface area contributed by atoms with E-state index in [4.69, 9.17) is 14.2 Å². The lowest BCUT2D eigenvalue weighted by Gasteiger charge is -2.25. The fourth-order valence-electron chi connectivity index (χ4n) is 3.37. The molecule has 32 heavy (non-hydrogen) atoms. The highest BCUT2D eigenvalue weighted by atomic mass is 16.6. The van der Waals surface area contributed by atoms with Crippen LogP contribution in [-0.2, 0) is 22.6 Å². The van der Waals surface area contributed by atoms with Gasteiger partial charge in [-0.3, -0.25) is 4.79 Å². The van der Waals surface area contributed by atoms with Crippen LogP contribution in [-0.4, -0.2) is 36.8 Å². The van der Waals surface area contributed by atoms with E-state index in [2.05, 4.69) is 11.3 Å². The van der Waals surface area contributed by atoms with E-state index in [1.165, 1.54) is 0 Å². The highest BCUT2D eigenvalue weighted by Gasteiger charge is 2.26. The molecule has 1 atom stereocenters. The Balaban J connectivity index is 1.89. The molecule has 2 aromatic carbocycles. The number of unbranched alkanes of at least 4 members (excludes halogenated alkanes) is 1. The maximum atomic E-state index is 12.5. The number of benzene rings is 2. The third-order valence-corrected chi connectivity index (χ3v) is 4.82. The van der Waals surface area contributed by atoms with E-state index in [9.17, 15) is 9.82 Å². The topological polar surface area (TPSA) is 77.0 Å². The van der Waals surface area contributed by atoms with Crippen molar-refractivity contribution in [2.24, 2.45) is 0 Å². The van der Waals surface area contributed by atoms with Gasteiger partial charge in [-0.25, -0.2) is 0 Å². The van der Waals surface area contributed by atoms with E-state index in [0.29, 0.717) is 13.0 Å². The zero-order valence-electron chi connectivity index (χ0n) is 19.9. The second-order valence-corrected chi connectivity index (χ2v) is 8.92.